The zero-order valence-electron chi connectivity index (χ0n) is 32.3. The third-order valence-corrected chi connectivity index (χ3v) is 15.4. The maximum Gasteiger partial charge on any atom is 0.186 e. The minimum Gasteiger partial charge on any atom is -0.394 e. The first-order valence-corrected chi connectivity index (χ1v) is 20.3. The van der Waals surface area contributed by atoms with Gasteiger partial charge in [0.15, 0.2) is 12.6 Å². The van der Waals surface area contributed by atoms with Crippen molar-refractivity contribution in [2.75, 3.05) is 13.2 Å². The molecule has 0 aromatic heterocycles. The van der Waals surface area contributed by atoms with Crippen molar-refractivity contribution in [2.24, 2.45) is 52.3 Å². The zero-order chi connectivity index (χ0) is 39.6. The number of hydrogen-bond donors (Lipinski definition) is 11. The molecule has 0 radical (unpaired) electrons. The fourth-order valence-corrected chi connectivity index (χ4v) is 12.4. The molecule has 6 fully saturated rings. The molecule has 6 rings (SSSR count). The maximum atomic E-state index is 12.0. The van der Waals surface area contributed by atoms with Crippen LogP contribution in [0.15, 0.2) is 0 Å². The van der Waals surface area contributed by atoms with Gasteiger partial charge in [-0.15, -0.1) is 0 Å². The van der Waals surface area contributed by atoms with E-state index in [9.17, 15) is 56.2 Å². The molecule has 0 bridgehead atoms. The van der Waals surface area contributed by atoms with Gasteiger partial charge in [0.1, 0.15) is 48.8 Å². The van der Waals surface area contributed by atoms with Crippen molar-refractivity contribution >= 4 is 0 Å². The van der Waals surface area contributed by atoms with Crippen LogP contribution in [0.3, 0.4) is 0 Å². The highest BCUT2D eigenvalue weighted by Gasteiger charge is 2.65. The molecule has 2 heterocycles. The first-order valence-electron chi connectivity index (χ1n) is 20.3. The molecule has 4 aliphatic carbocycles. The van der Waals surface area contributed by atoms with Gasteiger partial charge in [-0.3, -0.25) is 0 Å². The Morgan fingerprint density at radius 2 is 1.20 bits per heavy atom. The molecule has 0 aromatic rings. The van der Waals surface area contributed by atoms with Crippen LogP contribution >= 0.6 is 0 Å². The monoisotopic (exact) mass is 776 g/mol. The molecule has 11 N–H and O–H groups in total. The number of hydrogen-bond acceptors (Lipinski definition) is 15. The Morgan fingerprint density at radius 3 is 1.76 bits per heavy atom. The summed E-state index contributed by atoms with van der Waals surface area (Å²) in [5.74, 6) is -0.0969. The zero-order valence-corrected chi connectivity index (χ0v) is 32.3. The van der Waals surface area contributed by atoms with E-state index < -0.39 is 99.0 Å². The van der Waals surface area contributed by atoms with Crippen molar-refractivity contribution in [1.29, 1.82) is 0 Å². The summed E-state index contributed by atoms with van der Waals surface area (Å²) in [6.07, 6.45) is -12.3. The van der Waals surface area contributed by atoms with Crippen LogP contribution in [0.25, 0.3) is 0 Å². The second-order valence-corrected chi connectivity index (χ2v) is 18.7. The predicted molar refractivity (Wildman–Crippen MR) is 190 cm³/mol. The van der Waals surface area contributed by atoms with E-state index in [1.165, 1.54) is 0 Å². The molecule has 23 atom stereocenters. The SMILES string of the molecule is CC(C)[C@H](O)[C@H](O)C[C@@H](C)[C@H]1[C@@H](O[C@@H]2O[C@H](CO)[C@@H](O)[C@H](O)[C@H]2O)C[C@H]2[C@@H]3C[C@@H](O)[C@H]4C[C@@H](O[C@@H]5O[C@H](CO)[C@@H](O)[C@H](O)[C@H]5O)CC[C@]4(C)[C@H]3CC[C@]12C. The molecule has 15 heteroatoms. The van der Waals surface area contributed by atoms with E-state index in [1.54, 1.807) is 0 Å². The van der Waals surface area contributed by atoms with Crippen LogP contribution in [0.1, 0.15) is 86.0 Å². The molecule has 314 valence electrons. The summed E-state index contributed by atoms with van der Waals surface area (Å²) >= 11 is 0. The van der Waals surface area contributed by atoms with Crippen molar-refractivity contribution in [2.45, 2.75) is 178 Å². The predicted octanol–water partition coefficient (Wildman–Crippen LogP) is -1.000. The van der Waals surface area contributed by atoms with Gasteiger partial charge in [-0.05, 0) is 104 Å². The van der Waals surface area contributed by atoms with Crippen LogP contribution in [0.2, 0.25) is 0 Å². The van der Waals surface area contributed by atoms with E-state index in [4.69, 9.17) is 18.9 Å². The van der Waals surface area contributed by atoms with Gasteiger partial charge in [-0.2, -0.15) is 0 Å². The van der Waals surface area contributed by atoms with Crippen LogP contribution in [0.4, 0.5) is 0 Å². The molecule has 6 aliphatic rings. The third kappa shape index (κ3) is 7.56. The van der Waals surface area contributed by atoms with Crippen LogP contribution in [0.5, 0.6) is 0 Å². The summed E-state index contributed by atoms with van der Waals surface area (Å²) < 4.78 is 24.2. The molecule has 0 amide bonds. The van der Waals surface area contributed by atoms with Crippen LogP contribution in [-0.2, 0) is 18.9 Å². The van der Waals surface area contributed by atoms with E-state index in [1.807, 2.05) is 20.8 Å². The third-order valence-electron chi connectivity index (χ3n) is 15.4. The molecule has 2 saturated heterocycles. The Morgan fingerprint density at radius 1 is 0.648 bits per heavy atom. The second-order valence-electron chi connectivity index (χ2n) is 18.7. The first kappa shape index (κ1) is 43.0. The van der Waals surface area contributed by atoms with Crippen molar-refractivity contribution in [3.63, 3.8) is 0 Å². The van der Waals surface area contributed by atoms with Crippen LogP contribution in [-0.4, -0.2) is 161 Å². The van der Waals surface area contributed by atoms with Crippen molar-refractivity contribution in [3.8, 4) is 0 Å². The molecule has 4 saturated carbocycles. The van der Waals surface area contributed by atoms with Gasteiger partial charge in [0.05, 0.1) is 43.7 Å². The number of aliphatic hydroxyl groups excluding tert-OH is 11. The summed E-state index contributed by atoms with van der Waals surface area (Å²) in [5, 5.41) is 116. The molecule has 2 aliphatic heterocycles. The summed E-state index contributed by atoms with van der Waals surface area (Å²) in [7, 11) is 0. The molecule has 0 unspecified atom stereocenters. The Kier molecular flexibility index (Phi) is 13.2. The number of rotatable bonds is 11. The second kappa shape index (κ2) is 16.6. The number of aliphatic hydroxyl groups is 11. The average Bonchev–Trinajstić information content (AvgIpc) is 3.43. The average molecular weight is 777 g/mol. The maximum absolute atomic E-state index is 12.0. The molecule has 15 nitrogen and oxygen atoms in total. The first-order chi connectivity index (χ1) is 25.4. The summed E-state index contributed by atoms with van der Waals surface area (Å²) in [5.41, 5.74) is -0.554. The molecule has 54 heavy (non-hydrogen) atoms. The van der Waals surface area contributed by atoms with Gasteiger partial charge in [0.25, 0.3) is 0 Å². The minimum absolute atomic E-state index is 0.0845. The fraction of sp³-hybridized carbons (Fsp3) is 1.00. The highest BCUT2D eigenvalue weighted by atomic mass is 16.7. The summed E-state index contributed by atoms with van der Waals surface area (Å²) in [4.78, 5) is 0. The van der Waals surface area contributed by atoms with Gasteiger partial charge in [-0.1, -0.05) is 34.6 Å². The topological polar surface area (TPSA) is 259 Å². The molecule has 0 aromatic carbocycles. The van der Waals surface area contributed by atoms with Crippen LogP contribution in [0, 0.1) is 52.3 Å². The largest absolute Gasteiger partial charge is 0.394 e. The summed E-state index contributed by atoms with van der Waals surface area (Å²) in [6.45, 7) is 9.14. The van der Waals surface area contributed by atoms with E-state index in [2.05, 4.69) is 13.8 Å². The Balaban J connectivity index is 1.22. The van der Waals surface area contributed by atoms with E-state index in [0.29, 0.717) is 32.1 Å². The van der Waals surface area contributed by atoms with Gasteiger partial charge < -0.3 is 75.1 Å². The van der Waals surface area contributed by atoms with Gasteiger partial charge in [-0.25, -0.2) is 0 Å². The molecular formula is C39H68O15. The van der Waals surface area contributed by atoms with E-state index >= 15 is 0 Å². The van der Waals surface area contributed by atoms with Crippen LogP contribution < -0.4 is 0 Å². The number of fused-ring (bicyclic) bond motifs is 5. The Hall–Kier alpha value is -0.600. The highest BCUT2D eigenvalue weighted by molar-refractivity contribution is 5.14. The normalized spacial score (nSPS) is 52.6. The summed E-state index contributed by atoms with van der Waals surface area (Å²) in [6, 6.07) is 0. The molecular weight excluding hydrogens is 708 g/mol. The lowest BCUT2D eigenvalue weighted by Gasteiger charge is -2.62. The fourth-order valence-electron chi connectivity index (χ4n) is 12.4. The van der Waals surface area contributed by atoms with Gasteiger partial charge in [0.2, 0.25) is 0 Å². The van der Waals surface area contributed by atoms with Crippen molar-refractivity contribution in [1.82, 2.24) is 0 Å². The van der Waals surface area contributed by atoms with Crippen molar-refractivity contribution < 1.29 is 75.1 Å². The van der Waals surface area contributed by atoms with Crippen molar-refractivity contribution in [3.05, 3.63) is 0 Å². The van der Waals surface area contributed by atoms with E-state index in [0.717, 1.165) is 19.3 Å². The Labute approximate surface area is 318 Å². The van der Waals surface area contributed by atoms with Gasteiger partial charge >= 0.3 is 0 Å². The Bertz CT molecular complexity index is 1240. The standard InChI is InChI=1S/C39H68O15/c1-16(2)29(44)24(43)10-17(3)28-25(52-37-35(50)33(48)31(46)27(15-41)54-37)13-21-19-12-23(42)22-11-18(6-8-38(22,4)20(19)7-9-39(21,28)5)51-36-34(49)32(47)30(45)26(14-40)53-36/h16-37,40-50H,6-15H2,1-5H3/t17-,18+,19-,20+,21+,22-,23-,24-,25+,26-,27-,28+,29+,30-,31-,32+,33+,34-,35-,36-,37-,38-,39+/m1/s1. The number of ether oxygens (including phenoxy) is 4. The van der Waals surface area contributed by atoms with E-state index in [-0.39, 0.29) is 58.4 Å². The quantitative estimate of drug-likeness (QED) is 0.113. The highest BCUT2D eigenvalue weighted by Crippen LogP contribution is 2.69. The molecule has 0 spiro atoms. The lowest BCUT2D eigenvalue weighted by atomic mass is 9.43. The lowest BCUT2D eigenvalue weighted by Crippen LogP contribution is -2.61. The smallest absolute Gasteiger partial charge is 0.186 e. The lowest BCUT2D eigenvalue weighted by molar-refractivity contribution is -0.317. The minimum atomic E-state index is -1.59. The van der Waals surface area contributed by atoms with Gasteiger partial charge in [0, 0.05) is 0 Å².